The third-order valence-electron chi connectivity index (χ3n) is 5.76. The first kappa shape index (κ1) is 18.7. The first-order valence-electron chi connectivity index (χ1n) is 9.94. The van der Waals surface area contributed by atoms with E-state index in [4.69, 9.17) is 0 Å². The van der Waals surface area contributed by atoms with Gasteiger partial charge in [0.1, 0.15) is 0 Å². The Hall–Kier alpha value is -2.04. The van der Waals surface area contributed by atoms with Gasteiger partial charge < -0.3 is 15.5 Å². The molecule has 26 heavy (non-hydrogen) atoms. The monoisotopic (exact) mass is 357 g/mol. The molecule has 1 saturated carbocycles. The van der Waals surface area contributed by atoms with Gasteiger partial charge in [0.25, 0.3) is 0 Å². The molecule has 2 fully saturated rings. The highest BCUT2D eigenvalue weighted by Gasteiger charge is 2.39. The maximum Gasteiger partial charge on any atom is 0.317 e. The molecule has 0 spiro atoms. The smallest absolute Gasteiger partial charge is 0.317 e. The molecule has 1 aromatic rings. The number of rotatable bonds is 4. The number of likely N-dealkylation sites (tertiary alicyclic amines) is 1. The van der Waals surface area contributed by atoms with Gasteiger partial charge in [-0.1, -0.05) is 49.6 Å². The van der Waals surface area contributed by atoms with Gasteiger partial charge in [-0.2, -0.15) is 0 Å². The molecule has 1 aromatic carbocycles. The van der Waals surface area contributed by atoms with Crippen molar-refractivity contribution in [1.82, 2.24) is 15.5 Å². The van der Waals surface area contributed by atoms with Crippen molar-refractivity contribution in [2.75, 3.05) is 13.1 Å². The van der Waals surface area contributed by atoms with Gasteiger partial charge >= 0.3 is 6.03 Å². The molecule has 2 aliphatic rings. The van der Waals surface area contributed by atoms with Gasteiger partial charge in [-0.15, -0.1) is 0 Å². The minimum Gasteiger partial charge on any atom is -0.351 e. The van der Waals surface area contributed by atoms with Crippen LogP contribution in [-0.4, -0.2) is 36.0 Å². The lowest BCUT2D eigenvalue weighted by Gasteiger charge is -2.40. The van der Waals surface area contributed by atoms with E-state index >= 15 is 0 Å². The zero-order chi connectivity index (χ0) is 18.4. The topological polar surface area (TPSA) is 61.4 Å². The third kappa shape index (κ3) is 4.77. The molecule has 2 N–H and O–H groups in total. The summed E-state index contributed by atoms with van der Waals surface area (Å²) in [6.07, 6.45) is 7.52. The van der Waals surface area contributed by atoms with E-state index in [1.54, 1.807) is 0 Å². The van der Waals surface area contributed by atoms with Crippen LogP contribution in [0.25, 0.3) is 0 Å². The van der Waals surface area contributed by atoms with Gasteiger partial charge in [-0.05, 0) is 38.2 Å². The van der Waals surface area contributed by atoms with E-state index in [0.717, 1.165) is 37.8 Å². The number of hydrogen-bond donors (Lipinski definition) is 2. The second kappa shape index (κ2) is 8.56. The van der Waals surface area contributed by atoms with E-state index in [1.807, 2.05) is 42.2 Å². The Balaban J connectivity index is 1.53. The predicted molar refractivity (Wildman–Crippen MR) is 103 cm³/mol. The minimum absolute atomic E-state index is 0.00122. The van der Waals surface area contributed by atoms with Gasteiger partial charge in [0.15, 0.2) is 0 Å². The Kier molecular flexibility index (Phi) is 6.17. The number of urea groups is 1. The summed E-state index contributed by atoms with van der Waals surface area (Å²) < 4.78 is 0. The lowest BCUT2D eigenvalue weighted by Crippen LogP contribution is -2.55. The number of carbonyl (C=O) groups excluding carboxylic acids is 2. The van der Waals surface area contributed by atoms with Gasteiger partial charge in [0.05, 0.1) is 5.41 Å². The van der Waals surface area contributed by atoms with Crippen LogP contribution in [0.1, 0.15) is 57.4 Å². The van der Waals surface area contributed by atoms with Crippen LogP contribution in [0.2, 0.25) is 0 Å². The second-order valence-electron chi connectivity index (χ2n) is 8.04. The highest BCUT2D eigenvalue weighted by atomic mass is 16.2. The highest BCUT2D eigenvalue weighted by Crippen LogP contribution is 2.30. The van der Waals surface area contributed by atoms with Crippen LogP contribution in [0.4, 0.5) is 4.79 Å². The minimum atomic E-state index is -0.517. The van der Waals surface area contributed by atoms with Crippen molar-refractivity contribution in [3.05, 3.63) is 35.9 Å². The summed E-state index contributed by atoms with van der Waals surface area (Å²) in [5.74, 6) is 0.0384. The van der Waals surface area contributed by atoms with E-state index in [-0.39, 0.29) is 11.9 Å². The molecule has 0 bridgehead atoms. The quantitative estimate of drug-likeness (QED) is 0.867. The fourth-order valence-electron chi connectivity index (χ4n) is 4.10. The summed E-state index contributed by atoms with van der Waals surface area (Å²) in [5.41, 5.74) is 0.573. The Morgan fingerprint density at radius 2 is 1.85 bits per heavy atom. The number of benzene rings is 1. The van der Waals surface area contributed by atoms with Crippen LogP contribution >= 0.6 is 0 Å². The molecule has 1 aliphatic heterocycles. The van der Waals surface area contributed by atoms with Crippen LogP contribution in [0, 0.1) is 5.41 Å². The first-order valence-corrected chi connectivity index (χ1v) is 9.94. The van der Waals surface area contributed by atoms with Crippen LogP contribution in [0.15, 0.2) is 30.3 Å². The SMILES string of the molecule is C[C@]1(C(=O)NCc2ccccc2)CCCN(C(=O)NC2CCCCC2)C1. The van der Waals surface area contributed by atoms with Gasteiger partial charge in [0.2, 0.25) is 5.91 Å². The van der Waals surface area contributed by atoms with E-state index in [9.17, 15) is 9.59 Å². The Labute approximate surface area is 156 Å². The molecule has 1 heterocycles. The summed E-state index contributed by atoms with van der Waals surface area (Å²) in [4.78, 5) is 27.3. The van der Waals surface area contributed by atoms with Crippen molar-refractivity contribution in [2.24, 2.45) is 5.41 Å². The number of amides is 3. The standard InChI is InChI=1S/C21H31N3O2/c1-21(19(25)22-15-17-9-4-2-5-10-17)13-8-14-24(16-21)20(26)23-18-11-6-3-7-12-18/h2,4-5,9-10,18H,3,6-8,11-16H2,1H3,(H,22,25)(H,23,26)/t21-/m0/s1. The van der Waals surface area contributed by atoms with Crippen LogP contribution < -0.4 is 10.6 Å². The summed E-state index contributed by atoms with van der Waals surface area (Å²) in [6, 6.07) is 10.2. The molecular weight excluding hydrogens is 326 g/mol. The fourth-order valence-corrected chi connectivity index (χ4v) is 4.10. The summed E-state index contributed by atoms with van der Waals surface area (Å²) in [6.45, 7) is 3.74. The normalized spacial score (nSPS) is 24.1. The van der Waals surface area contributed by atoms with Gasteiger partial charge in [0, 0.05) is 25.7 Å². The average molecular weight is 357 g/mol. The molecule has 0 aromatic heterocycles. The molecule has 3 rings (SSSR count). The number of nitrogens with one attached hydrogen (secondary N) is 2. The zero-order valence-corrected chi connectivity index (χ0v) is 15.8. The summed E-state index contributed by atoms with van der Waals surface area (Å²) in [7, 11) is 0. The molecule has 5 heteroatoms. The Bertz CT molecular complexity index is 613. The molecule has 1 aliphatic carbocycles. The van der Waals surface area contributed by atoms with Crippen molar-refractivity contribution >= 4 is 11.9 Å². The molecule has 3 amide bonds. The average Bonchev–Trinajstić information content (AvgIpc) is 2.67. The summed E-state index contributed by atoms with van der Waals surface area (Å²) in [5, 5.41) is 6.23. The molecule has 0 radical (unpaired) electrons. The molecule has 5 nitrogen and oxygen atoms in total. The lowest BCUT2D eigenvalue weighted by molar-refractivity contribution is -0.132. The van der Waals surface area contributed by atoms with Crippen molar-refractivity contribution in [3.63, 3.8) is 0 Å². The largest absolute Gasteiger partial charge is 0.351 e. The highest BCUT2D eigenvalue weighted by molar-refractivity contribution is 5.84. The lowest BCUT2D eigenvalue weighted by atomic mass is 9.81. The molecular formula is C21H31N3O2. The number of carbonyl (C=O) groups is 2. The zero-order valence-electron chi connectivity index (χ0n) is 15.8. The molecule has 1 atom stereocenters. The fraction of sp³-hybridized carbons (Fsp3) is 0.619. The van der Waals surface area contributed by atoms with E-state index in [2.05, 4.69) is 10.6 Å². The number of nitrogens with zero attached hydrogens (tertiary/aromatic N) is 1. The van der Waals surface area contributed by atoms with Crippen LogP contribution in [0.3, 0.4) is 0 Å². The molecule has 1 saturated heterocycles. The van der Waals surface area contributed by atoms with Crippen molar-refractivity contribution in [1.29, 1.82) is 0 Å². The van der Waals surface area contributed by atoms with E-state index < -0.39 is 5.41 Å². The van der Waals surface area contributed by atoms with Crippen molar-refractivity contribution in [3.8, 4) is 0 Å². The Morgan fingerprint density at radius 3 is 2.58 bits per heavy atom. The molecule has 142 valence electrons. The van der Waals surface area contributed by atoms with E-state index in [1.165, 1.54) is 19.3 Å². The van der Waals surface area contributed by atoms with Gasteiger partial charge in [-0.3, -0.25) is 4.79 Å². The van der Waals surface area contributed by atoms with E-state index in [0.29, 0.717) is 19.1 Å². The van der Waals surface area contributed by atoms with Crippen LogP contribution in [-0.2, 0) is 11.3 Å². The van der Waals surface area contributed by atoms with Crippen LogP contribution in [0.5, 0.6) is 0 Å². The van der Waals surface area contributed by atoms with Crippen molar-refractivity contribution in [2.45, 2.75) is 64.5 Å². The van der Waals surface area contributed by atoms with Crippen molar-refractivity contribution < 1.29 is 9.59 Å². The van der Waals surface area contributed by atoms with Gasteiger partial charge in [-0.25, -0.2) is 4.79 Å². The Morgan fingerprint density at radius 1 is 1.12 bits per heavy atom. The first-order chi connectivity index (χ1) is 12.6. The second-order valence-corrected chi connectivity index (χ2v) is 8.04. The third-order valence-corrected chi connectivity index (χ3v) is 5.76. The molecule has 0 unspecified atom stereocenters. The maximum absolute atomic E-state index is 12.8. The maximum atomic E-state index is 12.8. The number of hydrogen-bond acceptors (Lipinski definition) is 2. The number of piperidine rings is 1. The summed E-state index contributed by atoms with van der Waals surface area (Å²) >= 11 is 0. The predicted octanol–water partition coefficient (Wildman–Crippen LogP) is 3.45.